The zero-order valence-corrected chi connectivity index (χ0v) is 19.6. The van der Waals surface area contributed by atoms with Gasteiger partial charge in [-0.15, -0.1) is 0 Å². The number of hydrogen-bond donors (Lipinski definition) is 1. The van der Waals surface area contributed by atoms with Crippen LogP contribution in [0.5, 0.6) is 5.75 Å². The third-order valence-corrected chi connectivity index (χ3v) is 5.53. The average Bonchev–Trinajstić information content (AvgIpc) is 3.49. The number of anilines is 1. The molecule has 3 aromatic rings. The minimum absolute atomic E-state index is 0.0992. The van der Waals surface area contributed by atoms with Crippen LogP contribution in [-0.4, -0.2) is 36.5 Å². The second kappa shape index (κ2) is 9.89. The van der Waals surface area contributed by atoms with Crippen LogP contribution in [0.2, 0.25) is 0 Å². The van der Waals surface area contributed by atoms with Gasteiger partial charge in [-0.3, -0.25) is 14.5 Å². The number of rotatable bonds is 7. The zero-order chi connectivity index (χ0) is 25.1. The highest BCUT2D eigenvalue weighted by Gasteiger charge is 2.48. The van der Waals surface area contributed by atoms with Gasteiger partial charge in [0.05, 0.1) is 31.1 Å². The number of Topliss-reactive ketones (excluding diaryl/α,β-unsaturated/α-hetero) is 1. The maximum absolute atomic E-state index is 13.1. The van der Waals surface area contributed by atoms with E-state index in [9.17, 15) is 19.5 Å². The number of aliphatic hydroxyl groups is 1. The van der Waals surface area contributed by atoms with Crippen molar-refractivity contribution in [1.29, 1.82) is 0 Å². The van der Waals surface area contributed by atoms with Crippen molar-refractivity contribution in [3.05, 3.63) is 89.4 Å². The van der Waals surface area contributed by atoms with Crippen molar-refractivity contribution in [3.63, 3.8) is 0 Å². The molecule has 8 nitrogen and oxygen atoms in total. The molecule has 0 saturated carbocycles. The fourth-order valence-electron chi connectivity index (χ4n) is 3.82. The van der Waals surface area contributed by atoms with Gasteiger partial charge in [0.25, 0.3) is 11.7 Å². The molecule has 1 amide bonds. The lowest BCUT2D eigenvalue weighted by Crippen LogP contribution is -2.29. The lowest BCUT2D eigenvalue weighted by Gasteiger charge is -2.23. The molecule has 1 aliphatic heterocycles. The molecule has 0 radical (unpaired) electrons. The summed E-state index contributed by atoms with van der Waals surface area (Å²) < 4.78 is 15.9. The highest BCUT2D eigenvalue weighted by Crippen LogP contribution is 2.42. The number of aliphatic hydroxyl groups excluding tert-OH is 1. The zero-order valence-electron chi connectivity index (χ0n) is 19.6. The largest absolute Gasteiger partial charge is 0.507 e. The van der Waals surface area contributed by atoms with Crippen LogP contribution in [0, 0.1) is 5.92 Å². The van der Waals surface area contributed by atoms with Crippen LogP contribution >= 0.6 is 0 Å². The second-order valence-electron chi connectivity index (χ2n) is 8.45. The number of nitrogens with zero attached hydrogens (tertiary/aromatic N) is 1. The number of benzene rings is 2. The number of carbonyl (C=O) groups is 3. The molecule has 2 aromatic carbocycles. The Morgan fingerprint density at radius 2 is 1.69 bits per heavy atom. The molecule has 1 N–H and O–H groups in total. The first kappa shape index (κ1) is 23.8. The number of ether oxygens (including phenoxy) is 2. The van der Waals surface area contributed by atoms with E-state index in [0.29, 0.717) is 40.8 Å². The van der Waals surface area contributed by atoms with E-state index in [0.717, 1.165) is 0 Å². The molecule has 4 rings (SSSR count). The normalized spacial score (nSPS) is 17.1. The minimum Gasteiger partial charge on any atom is -0.507 e. The Morgan fingerprint density at radius 3 is 2.26 bits per heavy atom. The Labute approximate surface area is 202 Å². The summed E-state index contributed by atoms with van der Waals surface area (Å²) in [6, 6.07) is 15.0. The lowest BCUT2D eigenvalue weighted by molar-refractivity contribution is -0.132. The van der Waals surface area contributed by atoms with Crippen LogP contribution in [0.15, 0.2) is 76.9 Å². The van der Waals surface area contributed by atoms with E-state index in [1.54, 1.807) is 36.4 Å². The van der Waals surface area contributed by atoms with Gasteiger partial charge in [0.15, 0.2) is 0 Å². The molecule has 8 heteroatoms. The first-order valence-corrected chi connectivity index (χ1v) is 11.1. The van der Waals surface area contributed by atoms with Crippen LogP contribution < -0.4 is 9.64 Å². The Bertz CT molecular complexity index is 1260. The minimum atomic E-state index is -0.995. The highest BCUT2D eigenvalue weighted by atomic mass is 16.5. The lowest BCUT2D eigenvalue weighted by atomic mass is 9.99. The van der Waals surface area contributed by atoms with Crippen molar-refractivity contribution in [2.75, 3.05) is 18.6 Å². The van der Waals surface area contributed by atoms with Crippen LogP contribution in [0.4, 0.5) is 5.69 Å². The number of esters is 1. The monoisotopic (exact) mass is 475 g/mol. The summed E-state index contributed by atoms with van der Waals surface area (Å²) >= 11 is 0. The SMILES string of the molecule is COC(=O)c1ccc(N2C(=O)C(=O)/C(=C(\O)c3ccc(OCC(C)C)cc3)C2c2ccco2)cc1. The molecule has 1 aromatic heterocycles. The van der Waals surface area contributed by atoms with Gasteiger partial charge in [0, 0.05) is 11.3 Å². The maximum Gasteiger partial charge on any atom is 0.337 e. The third kappa shape index (κ3) is 4.68. The van der Waals surface area contributed by atoms with Gasteiger partial charge >= 0.3 is 5.97 Å². The van der Waals surface area contributed by atoms with Crippen LogP contribution in [0.3, 0.4) is 0 Å². The van der Waals surface area contributed by atoms with E-state index in [2.05, 4.69) is 0 Å². The average molecular weight is 475 g/mol. The topological polar surface area (TPSA) is 106 Å². The fraction of sp³-hybridized carbons (Fsp3) is 0.222. The molecule has 1 saturated heterocycles. The van der Waals surface area contributed by atoms with Gasteiger partial charge in [-0.1, -0.05) is 13.8 Å². The summed E-state index contributed by atoms with van der Waals surface area (Å²) in [6.45, 7) is 4.62. The first-order chi connectivity index (χ1) is 16.8. The smallest absolute Gasteiger partial charge is 0.337 e. The van der Waals surface area contributed by atoms with E-state index >= 15 is 0 Å². The maximum atomic E-state index is 13.1. The van der Waals surface area contributed by atoms with Gasteiger partial charge in [-0.25, -0.2) is 4.79 Å². The summed E-state index contributed by atoms with van der Waals surface area (Å²) in [5, 5.41) is 11.1. The summed E-state index contributed by atoms with van der Waals surface area (Å²) in [7, 11) is 1.27. The van der Waals surface area contributed by atoms with E-state index < -0.39 is 23.7 Å². The Balaban J connectivity index is 1.75. The molecule has 1 fully saturated rings. The standard InChI is InChI=1S/C27H25NO7/c1-16(2)15-35-20-12-8-17(9-13-20)24(29)22-23(21-5-4-14-34-21)28(26(31)25(22)30)19-10-6-18(7-11-19)27(32)33-3/h4-14,16,23,29H,15H2,1-3H3/b24-22-. The van der Waals surface area contributed by atoms with E-state index in [4.69, 9.17) is 13.9 Å². The summed E-state index contributed by atoms with van der Waals surface area (Å²) in [5.41, 5.74) is 0.912. The van der Waals surface area contributed by atoms with E-state index in [1.165, 1.54) is 42.5 Å². The third-order valence-electron chi connectivity index (χ3n) is 5.53. The number of carbonyl (C=O) groups excluding carboxylic acids is 3. The van der Waals surface area contributed by atoms with Crippen molar-refractivity contribution < 1.29 is 33.4 Å². The predicted molar refractivity (Wildman–Crippen MR) is 128 cm³/mol. The Kier molecular flexibility index (Phi) is 6.73. The van der Waals surface area contributed by atoms with Crippen molar-refractivity contribution in [2.24, 2.45) is 5.92 Å². The number of ketones is 1. The molecule has 0 aliphatic carbocycles. The number of methoxy groups -OCH3 is 1. The van der Waals surface area contributed by atoms with Crippen molar-refractivity contribution in [3.8, 4) is 5.75 Å². The molecular formula is C27H25NO7. The van der Waals surface area contributed by atoms with E-state index in [-0.39, 0.29) is 11.3 Å². The van der Waals surface area contributed by atoms with Crippen LogP contribution in [0.25, 0.3) is 5.76 Å². The van der Waals surface area contributed by atoms with E-state index in [1.807, 2.05) is 13.8 Å². The molecule has 1 unspecified atom stereocenters. The van der Waals surface area contributed by atoms with Crippen molar-refractivity contribution >= 4 is 29.1 Å². The van der Waals surface area contributed by atoms with Crippen molar-refractivity contribution in [2.45, 2.75) is 19.9 Å². The number of hydrogen-bond acceptors (Lipinski definition) is 7. The number of furan rings is 1. The van der Waals surface area contributed by atoms with Gasteiger partial charge in [-0.05, 0) is 66.6 Å². The summed E-state index contributed by atoms with van der Waals surface area (Å²) in [4.78, 5) is 39.3. The predicted octanol–water partition coefficient (Wildman–Crippen LogP) is 4.73. The number of amides is 1. The first-order valence-electron chi connectivity index (χ1n) is 11.1. The van der Waals surface area contributed by atoms with Gasteiger partial charge in [0.2, 0.25) is 0 Å². The molecule has 180 valence electrons. The quantitative estimate of drug-likeness (QED) is 0.228. The Morgan fingerprint density at radius 1 is 1.03 bits per heavy atom. The molecule has 0 spiro atoms. The molecule has 0 bridgehead atoms. The Hall–Kier alpha value is -4.33. The van der Waals surface area contributed by atoms with Gasteiger partial charge in [0.1, 0.15) is 23.3 Å². The summed E-state index contributed by atoms with van der Waals surface area (Å²) in [6.07, 6.45) is 1.43. The molecule has 1 aliphatic rings. The molecule has 2 heterocycles. The highest BCUT2D eigenvalue weighted by molar-refractivity contribution is 6.51. The fourth-order valence-corrected chi connectivity index (χ4v) is 3.82. The van der Waals surface area contributed by atoms with Crippen molar-refractivity contribution in [1.82, 2.24) is 0 Å². The molecular weight excluding hydrogens is 450 g/mol. The van der Waals surface area contributed by atoms with Gasteiger partial charge < -0.3 is 19.0 Å². The summed E-state index contributed by atoms with van der Waals surface area (Å²) in [5.74, 6) is -1.23. The van der Waals surface area contributed by atoms with Crippen LogP contribution in [-0.2, 0) is 14.3 Å². The molecule has 35 heavy (non-hydrogen) atoms. The van der Waals surface area contributed by atoms with Gasteiger partial charge in [-0.2, -0.15) is 0 Å². The van der Waals surface area contributed by atoms with Crippen LogP contribution in [0.1, 0.15) is 41.6 Å². The second-order valence-corrected chi connectivity index (χ2v) is 8.45. The molecule has 1 atom stereocenters.